The van der Waals surface area contributed by atoms with Crippen molar-refractivity contribution in [3.8, 4) is 0 Å². The molecular weight excluding hydrogens is 234 g/mol. The number of fused-ring (bicyclic) bond motifs is 1. The zero-order chi connectivity index (χ0) is 12.3. The number of aryl methyl sites for hydroxylation is 2. The van der Waals surface area contributed by atoms with Gasteiger partial charge in [-0.15, -0.1) is 11.3 Å². The molecule has 0 saturated carbocycles. The van der Waals surface area contributed by atoms with Crippen LogP contribution in [-0.4, -0.2) is 23.7 Å². The number of aliphatic hydroxyl groups excluding tert-OH is 1. The highest BCUT2D eigenvalue weighted by Gasteiger charge is 2.17. The van der Waals surface area contributed by atoms with E-state index in [1.807, 2.05) is 6.07 Å². The van der Waals surface area contributed by atoms with E-state index in [2.05, 4.69) is 5.32 Å². The summed E-state index contributed by atoms with van der Waals surface area (Å²) in [6.45, 7) is 1.79. The van der Waals surface area contributed by atoms with E-state index in [-0.39, 0.29) is 18.6 Å². The highest BCUT2D eigenvalue weighted by molar-refractivity contribution is 7.14. The minimum Gasteiger partial charge on any atom is -0.394 e. The van der Waals surface area contributed by atoms with Crippen LogP contribution in [-0.2, 0) is 12.8 Å². The van der Waals surface area contributed by atoms with E-state index in [1.54, 1.807) is 18.3 Å². The van der Waals surface area contributed by atoms with Crippen LogP contribution in [0.4, 0.5) is 0 Å². The highest BCUT2D eigenvalue weighted by Crippen LogP contribution is 2.28. The quantitative estimate of drug-likeness (QED) is 0.811. The predicted molar refractivity (Wildman–Crippen MR) is 69.6 cm³/mol. The SMILES string of the molecule is C[C@H](CO)NC(=O)c1cc2c(s1)CCCCC2. The van der Waals surface area contributed by atoms with Crippen molar-refractivity contribution in [3.05, 3.63) is 21.4 Å². The number of aliphatic hydroxyl groups is 1. The van der Waals surface area contributed by atoms with Crippen LogP contribution in [0.2, 0.25) is 0 Å². The monoisotopic (exact) mass is 253 g/mol. The molecule has 1 atom stereocenters. The molecule has 0 spiro atoms. The van der Waals surface area contributed by atoms with Gasteiger partial charge in [0, 0.05) is 10.9 Å². The number of amides is 1. The minimum atomic E-state index is -0.176. The molecule has 1 aromatic heterocycles. The van der Waals surface area contributed by atoms with Gasteiger partial charge in [-0.25, -0.2) is 0 Å². The van der Waals surface area contributed by atoms with Crippen molar-refractivity contribution in [3.63, 3.8) is 0 Å². The van der Waals surface area contributed by atoms with E-state index in [0.29, 0.717) is 0 Å². The molecule has 2 N–H and O–H groups in total. The summed E-state index contributed by atoms with van der Waals surface area (Å²) in [6, 6.07) is 1.86. The zero-order valence-corrected chi connectivity index (χ0v) is 11.0. The Bertz CT molecular complexity index is 377. The van der Waals surface area contributed by atoms with Crippen molar-refractivity contribution in [2.24, 2.45) is 0 Å². The normalized spacial score (nSPS) is 17.1. The van der Waals surface area contributed by atoms with Crippen LogP contribution in [0.3, 0.4) is 0 Å². The summed E-state index contributed by atoms with van der Waals surface area (Å²) in [5.41, 5.74) is 1.36. The summed E-state index contributed by atoms with van der Waals surface area (Å²) in [4.78, 5) is 14.1. The summed E-state index contributed by atoms with van der Waals surface area (Å²) in [5, 5.41) is 11.7. The standard InChI is InChI=1S/C13H19NO2S/c1-9(8-15)14-13(16)12-7-10-5-3-2-4-6-11(10)17-12/h7,9,15H,2-6,8H2,1H3,(H,14,16)/t9-/m1/s1. The first-order valence-electron chi connectivity index (χ1n) is 6.24. The Balaban J connectivity index is 2.09. The number of carbonyl (C=O) groups is 1. The van der Waals surface area contributed by atoms with Crippen LogP contribution >= 0.6 is 11.3 Å². The summed E-state index contributed by atoms with van der Waals surface area (Å²) >= 11 is 1.62. The van der Waals surface area contributed by atoms with Crippen molar-refractivity contribution in [2.75, 3.05) is 6.61 Å². The summed E-state index contributed by atoms with van der Waals surface area (Å²) in [7, 11) is 0. The average molecular weight is 253 g/mol. The molecule has 1 aromatic rings. The maximum Gasteiger partial charge on any atom is 0.261 e. The van der Waals surface area contributed by atoms with Crippen molar-refractivity contribution in [1.82, 2.24) is 5.32 Å². The molecule has 0 bridgehead atoms. The molecule has 0 unspecified atom stereocenters. The largest absolute Gasteiger partial charge is 0.394 e. The van der Waals surface area contributed by atoms with Gasteiger partial charge in [-0.05, 0) is 44.2 Å². The average Bonchev–Trinajstić information content (AvgIpc) is 2.61. The molecule has 0 fully saturated rings. The lowest BCUT2D eigenvalue weighted by molar-refractivity contribution is 0.0926. The molecule has 1 heterocycles. The molecule has 0 aliphatic heterocycles. The van der Waals surface area contributed by atoms with Crippen molar-refractivity contribution in [1.29, 1.82) is 0 Å². The van der Waals surface area contributed by atoms with Gasteiger partial charge >= 0.3 is 0 Å². The van der Waals surface area contributed by atoms with E-state index in [0.717, 1.165) is 17.7 Å². The Morgan fingerprint density at radius 1 is 1.47 bits per heavy atom. The fourth-order valence-electron chi connectivity index (χ4n) is 2.12. The molecule has 0 aromatic carbocycles. The van der Waals surface area contributed by atoms with Crippen LogP contribution in [0, 0.1) is 0 Å². The summed E-state index contributed by atoms with van der Waals surface area (Å²) in [6.07, 6.45) is 5.99. The summed E-state index contributed by atoms with van der Waals surface area (Å²) in [5.74, 6) is -0.0513. The maximum atomic E-state index is 11.9. The molecule has 3 nitrogen and oxygen atoms in total. The highest BCUT2D eigenvalue weighted by atomic mass is 32.1. The Kier molecular flexibility index (Phi) is 4.18. The van der Waals surface area contributed by atoms with E-state index in [1.165, 1.54) is 29.7 Å². The van der Waals surface area contributed by atoms with Gasteiger partial charge in [0.2, 0.25) is 0 Å². The van der Waals surface area contributed by atoms with Crippen LogP contribution in [0.5, 0.6) is 0 Å². The van der Waals surface area contributed by atoms with Crippen molar-refractivity contribution in [2.45, 2.75) is 45.1 Å². The molecular formula is C13H19NO2S. The van der Waals surface area contributed by atoms with Crippen LogP contribution < -0.4 is 5.32 Å². The first-order valence-corrected chi connectivity index (χ1v) is 7.05. The Labute approximate surface area is 106 Å². The van der Waals surface area contributed by atoms with Gasteiger partial charge in [0.25, 0.3) is 5.91 Å². The second kappa shape index (κ2) is 5.65. The summed E-state index contributed by atoms with van der Waals surface area (Å²) < 4.78 is 0. The molecule has 1 aliphatic rings. The molecule has 1 amide bonds. The van der Waals surface area contributed by atoms with E-state index < -0.39 is 0 Å². The first kappa shape index (κ1) is 12.6. The number of hydrogen-bond acceptors (Lipinski definition) is 3. The lowest BCUT2D eigenvalue weighted by Gasteiger charge is -2.08. The Morgan fingerprint density at radius 3 is 3.00 bits per heavy atom. The van der Waals surface area contributed by atoms with Crippen molar-refractivity contribution < 1.29 is 9.90 Å². The second-order valence-electron chi connectivity index (χ2n) is 4.68. The minimum absolute atomic E-state index is 0.0170. The van der Waals surface area contributed by atoms with Gasteiger partial charge in [0.05, 0.1) is 11.5 Å². The van der Waals surface area contributed by atoms with Gasteiger partial charge in [0.15, 0.2) is 0 Å². The van der Waals surface area contributed by atoms with Gasteiger partial charge < -0.3 is 10.4 Å². The number of thiophene rings is 1. The van der Waals surface area contributed by atoms with Crippen LogP contribution in [0.25, 0.3) is 0 Å². The molecule has 4 heteroatoms. The first-order chi connectivity index (χ1) is 8.20. The topological polar surface area (TPSA) is 49.3 Å². The lowest BCUT2D eigenvalue weighted by atomic mass is 10.1. The third-order valence-electron chi connectivity index (χ3n) is 3.12. The lowest BCUT2D eigenvalue weighted by Crippen LogP contribution is -2.34. The number of carbonyl (C=O) groups excluding carboxylic acids is 1. The van der Waals surface area contributed by atoms with Crippen LogP contribution in [0.15, 0.2) is 6.07 Å². The molecule has 94 valence electrons. The number of nitrogens with one attached hydrogen (secondary N) is 1. The molecule has 1 aliphatic carbocycles. The van der Waals surface area contributed by atoms with E-state index in [9.17, 15) is 4.79 Å². The number of hydrogen-bond donors (Lipinski definition) is 2. The fraction of sp³-hybridized carbons (Fsp3) is 0.615. The van der Waals surface area contributed by atoms with Gasteiger partial charge in [-0.2, -0.15) is 0 Å². The van der Waals surface area contributed by atoms with Gasteiger partial charge in [-0.3, -0.25) is 4.79 Å². The molecule has 2 rings (SSSR count). The van der Waals surface area contributed by atoms with Gasteiger partial charge in [-0.1, -0.05) is 6.42 Å². The number of rotatable bonds is 3. The second-order valence-corrected chi connectivity index (χ2v) is 5.81. The van der Waals surface area contributed by atoms with E-state index >= 15 is 0 Å². The van der Waals surface area contributed by atoms with Crippen LogP contribution in [0.1, 0.15) is 46.3 Å². The van der Waals surface area contributed by atoms with E-state index in [4.69, 9.17) is 5.11 Å². The third kappa shape index (κ3) is 3.07. The van der Waals surface area contributed by atoms with Crippen molar-refractivity contribution >= 4 is 17.2 Å². The predicted octanol–water partition coefficient (Wildman–Crippen LogP) is 2.13. The Morgan fingerprint density at radius 2 is 2.24 bits per heavy atom. The zero-order valence-electron chi connectivity index (χ0n) is 10.2. The smallest absolute Gasteiger partial charge is 0.261 e. The van der Waals surface area contributed by atoms with Gasteiger partial charge in [0.1, 0.15) is 0 Å². The fourth-order valence-corrected chi connectivity index (χ4v) is 3.28. The Hall–Kier alpha value is -0.870. The third-order valence-corrected chi connectivity index (χ3v) is 4.36. The maximum absolute atomic E-state index is 11.9. The molecule has 0 radical (unpaired) electrons. The molecule has 17 heavy (non-hydrogen) atoms. The molecule has 0 saturated heterocycles.